The zero-order valence-corrected chi connectivity index (χ0v) is 9.46. The summed E-state index contributed by atoms with van der Waals surface area (Å²) in [6, 6.07) is 8.45. The predicted octanol–water partition coefficient (Wildman–Crippen LogP) is 3.39. The Balaban J connectivity index is 2.38. The number of amidine groups is 1. The van der Waals surface area contributed by atoms with Gasteiger partial charge in [0.2, 0.25) is 0 Å². The summed E-state index contributed by atoms with van der Waals surface area (Å²) < 4.78 is 0. The van der Waals surface area contributed by atoms with Crippen LogP contribution in [0.1, 0.15) is 38.2 Å². The van der Waals surface area contributed by atoms with Gasteiger partial charge in [0, 0.05) is 18.7 Å². The van der Waals surface area contributed by atoms with Crippen molar-refractivity contribution in [3.05, 3.63) is 29.8 Å². The summed E-state index contributed by atoms with van der Waals surface area (Å²) in [5.74, 6) is 1.29. The van der Waals surface area contributed by atoms with Crippen molar-refractivity contribution < 1.29 is 0 Å². The smallest absolute Gasteiger partial charge is 0.100 e. The third-order valence-electron chi connectivity index (χ3n) is 2.97. The van der Waals surface area contributed by atoms with Gasteiger partial charge in [-0.15, -0.1) is 0 Å². The van der Waals surface area contributed by atoms with E-state index in [2.05, 4.69) is 43.0 Å². The maximum Gasteiger partial charge on any atom is 0.100 e. The predicted molar refractivity (Wildman–Crippen MR) is 64.8 cm³/mol. The minimum absolute atomic E-state index is 0.523. The van der Waals surface area contributed by atoms with Crippen LogP contribution in [-0.4, -0.2) is 12.4 Å². The number of benzene rings is 1. The lowest BCUT2D eigenvalue weighted by Gasteiger charge is -2.23. The average molecular weight is 202 g/mol. The highest BCUT2D eigenvalue weighted by molar-refractivity contribution is 5.98. The molecule has 0 atom stereocenters. The first kappa shape index (κ1) is 10.2. The second kappa shape index (κ2) is 4.05. The number of nitrogens with zero attached hydrogens (tertiary/aromatic N) is 1. The molecule has 0 bridgehead atoms. The van der Waals surface area contributed by atoms with Crippen molar-refractivity contribution in [2.45, 2.75) is 32.6 Å². The van der Waals surface area contributed by atoms with Crippen LogP contribution in [0.5, 0.6) is 0 Å². The maximum absolute atomic E-state index is 7.91. The van der Waals surface area contributed by atoms with Crippen molar-refractivity contribution in [2.75, 3.05) is 11.4 Å². The third kappa shape index (κ3) is 1.89. The molecule has 1 aromatic rings. The van der Waals surface area contributed by atoms with Gasteiger partial charge in [0.05, 0.1) is 0 Å². The maximum atomic E-state index is 7.91. The van der Waals surface area contributed by atoms with E-state index in [9.17, 15) is 0 Å². The Morgan fingerprint density at radius 3 is 2.60 bits per heavy atom. The molecular formula is C13H18N2. The molecule has 1 aliphatic rings. The van der Waals surface area contributed by atoms with Crippen LogP contribution in [0.25, 0.3) is 0 Å². The Hall–Kier alpha value is -1.31. The molecule has 0 aromatic heterocycles. The normalized spacial score (nSPS) is 16.5. The molecule has 1 N–H and O–H groups in total. The van der Waals surface area contributed by atoms with E-state index in [1.54, 1.807) is 0 Å². The zero-order valence-electron chi connectivity index (χ0n) is 9.46. The lowest BCUT2D eigenvalue weighted by Crippen LogP contribution is -2.24. The fourth-order valence-corrected chi connectivity index (χ4v) is 2.16. The molecule has 2 rings (SSSR count). The molecular weight excluding hydrogens is 184 g/mol. The van der Waals surface area contributed by atoms with Gasteiger partial charge in [0.25, 0.3) is 0 Å². The summed E-state index contributed by atoms with van der Waals surface area (Å²) >= 11 is 0. The van der Waals surface area contributed by atoms with Gasteiger partial charge in [-0.1, -0.05) is 32.0 Å². The van der Waals surface area contributed by atoms with Crippen molar-refractivity contribution in [1.82, 2.24) is 0 Å². The molecule has 0 spiro atoms. The molecule has 0 amide bonds. The number of anilines is 1. The third-order valence-corrected chi connectivity index (χ3v) is 2.97. The fraction of sp³-hybridized carbons (Fsp3) is 0.462. The molecule has 1 fully saturated rings. The number of nitrogens with one attached hydrogen (secondary N) is 1. The molecule has 15 heavy (non-hydrogen) atoms. The zero-order chi connectivity index (χ0) is 10.8. The topological polar surface area (TPSA) is 27.1 Å². The molecule has 80 valence electrons. The van der Waals surface area contributed by atoms with E-state index >= 15 is 0 Å². The van der Waals surface area contributed by atoms with E-state index in [4.69, 9.17) is 5.41 Å². The van der Waals surface area contributed by atoms with Gasteiger partial charge < -0.3 is 4.90 Å². The Labute approximate surface area is 91.4 Å². The van der Waals surface area contributed by atoms with E-state index in [1.165, 1.54) is 11.3 Å². The van der Waals surface area contributed by atoms with Crippen LogP contribution in [0.15, 0.2) is 24.3 Å². The Morgan fingerprint density at radius 1 is 1.27 bits per heavy atom. The first-order valence-electron chi connectivity index (χ1n) is 5.64. The van der Waals surface area contributed by atoms with Gasteiger partial charge in [0.1, 0.15) is 5.84 Å². The summed E-state index contributed by atoms with van der Waals surface area (Å²) in [5.41, 5.74) is 2.58. The van der Waals surface area contributed by atoms with Crippen LogP contribution in [0.4, 0.5) is 5.69 Å². The SMILES string of the molecule is CC(C)c1ccccc1N1CCCC1=N. The monoisotopic (exact) mass is 202 g/mol. The van der Waals surface area contributed by atoms with Crippen molar-refractivity contribution >= 4 is 11.5 Å². The molecule has 1 aliphatic heterocycles. The highest BCUT2D eigenvalue weighted by atomic mass is 15.2. The van der Waals surface area contributed by atoms with E-state index < -0.39 is 0 Å². The van der Waals surface area contributed by atoms with Crippen LogP contribution in [0.2, 0.25) is 0 Å². The standard InChI is InChI=1S/C13H18N2/c1-10(2)11-6-3-4-7-12(11)15-9-5-8-13(15)14/h3-4,6-7,10,14H,5,8-9H2,1-2H3. The van der Waals surface area contributed by atoms with E-state index in [0.29, 0.717) is 5.92 Å². The van der Waals surface area contributed by atoms with Crippen LogP contribution in [-0.2, 0) is 0 Å². The van der Waals surface area contributed by atoms with E-state index in [-0.39, 0.29) is 0 Å². The molecule has 0 saturated carbocycles. The molecule has 0 unspecified atom stereocenters. The van der Waals surface area contributed by atoms with Crippen molar-refractivity contribution in [2.24, 2.45) is 0 Å². The number of hydrogen-bond donors (Lipinski definition) is 1. The lowest BCUT2D eigenvalue weighted by molar-refractivity contribution is 0.856. The van der Waals surface area contributed by atoms with Crippen LogP contribution >= 0.6 is 0 Å². The van der Waals surface area contributed by atoms with Gasteiger partial charge in [-0.3, -0.25) is 5.41 Å². The first-order valence-corrected chi connectivity index (χ1v) is 5.64. The minimum Gasteiger partial charge on any atom is -0.330 e. The average Bonchev–Trinajstić information content (AvgIpc) is 2.64. The van der Waals surface area contributed by atoms with Crippen molar-refractivity contribution in [1.29, 1.82) is 5.41 Å². The summed E-state index contributed by atoms with van der Waals surface area (Å²) in [7, 11) is 0. The van der Waals surface area contributed by atoms with Gasteiger partial charge >= 0.3 is 0 Å². The number of rotatable bonds is 2. The number of para-hydroxylation sites is 1. The highest BCUT2D eigenvalue weighted by Gasteiger charge is 2.21. The summed E-state index contributed by atoms with van der Waals surface area (Å²) in [4.78, 5) is 2.15. The molecule has 0 aliphatic carbocycles. The molecule has 2 heteroatoms. The second-order valence-electron chi connectivity index (χ2n) is 4.42. The van der Waals surface area contributed by atoms with Crippen molar-refractivity contribution in [3.8, 4) is 0 Å². The van der Waals surface area contributed by atoms with Gasteiger partial charge in [-0.2, -0.15) is 0 Å². The lowest BCUT2D eigenvalue weighted by atomic mass is 10.0. The Kier molecular flexibility index (Phi) is 2.76. The van der Waals surface area contributed by atoms with Crippen molar-refractivity contribution in [3.63, 3.8) is 0 Å². The van der Waals surface area contributed by atoms with Gasteiger partial charge in [-0.25, -0.2) is 0 Å². The van der Waals surface area contributed by atoms with Gasteiger partial charge in [0.15, 0.2) is 0 Å². The molecule has 1 heterocycles. The summed E-state index contributed by atoms with van der Waals surface area (Å²) in [6.07, 6.45) is 2.04. The van der Waals surface area contributed by atoms with Crippen LogP contribution < -0.4 is 4.90 Å². The van der Waals surface area contributed by atoms with Crippen LogP contribution in [0.3, 0.4) is 0 Å². The largest absolute Gasteiger partial charge is 0.330 e. The first-order chi connectivity index (χ1) is 7.20. The fourth-order valence-electron chi connectivity index (χ4n) is 2.16. The second-order valence-corrected chi connectivity index (χ2v) is 4.42. The van der Waals surface area contributed by atoms with Gasteiger partial charge in [-0.05, 0) is 24.0 Å². The Morgan fingerprint density at radius 2 is 2.00 bits per heavy atom. The Bertz CT molecular complexity index is 369. The molecule has 0 radical (unpaired) electrons. The molecule has 2 nitrogen and oxygen atoms in total. The number of hydrogen-bond acceptors (Lipinski definition) is 1. The van der Waals surface area contributed by atoms with E-state index in [1.807, 2.05) is 0 Å². The molecule has 1 saturated heterocycles. The van der Waals surface area contributed by atoms with E-state index in [0.717, 1.165) is 25.2 Å². The molecule has 1 aromatic carbocycles. The highest BCUT2D eigenvalue weighted by Crippen LogP contribution is 2.30. The summed E-state index contributed by atoms with van der Waals surface area (Å²) in [5, 5.41) is 7.91. The minimum atomic E-state index is 0.523. The summed E-state index contributed by atoms with van der Waals surface area (Å²) in [6.45, 7) is 5.42. The van der Waals surface area contributed by atoms with Crippen LogP contribution in [0, 0.1) is 5.41 Å². The quantitative estimate of drug-likeness (QED) is 0.782.